The van der Waals surface area contributed by atoms with Crippen LogP contribution in [0.2, 0.25) is 0 Å². The summed E-state index contributed by atoms with van der Waals surface area (Å²) in [7, 11) is 1.85. The number of hydrogen-bond acceptors (Lipinski definition) is 3. The summed E-state index contributed by atoms with van der Waals surface area (Å²) in [6.45, 7) is 1.06. The highest BCUT2D eigenvalue weighted by molar-refractivity contribution is 5.83. The second-order valence-corrected chi connectivity index (χ2v) is 4.48. The summed E-state index contributed by atoms with van der Waals surface area (Å²) in [5, 5.41) is 12.2. The van der Waals surface area contributed by atoms with Gasteiger partial charge in [-0.15, -0.1) is 0 Å². The summed E-state index contributed by atoms with van der Waals surface area (Å²) in [6, 6.07) is 6.13. The first-order valence-electron chi connectivity index (χ1n) is 5.48. The Morgan fingerprint density at radius 3 is 2.76 bits per heavy atom. The Kier molecular flexibility index (Phi) is 3.02. The highest BCUT2D eigenvalue weighted by atomic mass is 19.1. The van der Waals surface area contributed by atoms with Crippen LogP contribution in [0.25, 0.3) is 0 Å². The van der Waals surface area contributed by atoms with Gasteiger partial charge in [-0.3, -0.25) is 0 Å². The Labute approximate surface area is 99.0 Å². The zero-order chi connectivity index (χ0) is 12.5. The van der Waals surface area contributed by atoms with Crippen LogP contribution in [0.3, 0.4) is 0 Å². The Morgan fingerprint density at radius 2 is 2.24 bits per heavy atom. The number of nitrogens with one attached hydrogen (secondary N) is 1. The number of rotatable bonds is 3. The number of benzene rings is 1. The van der Waals surface area contributed by atoms with Gasteiger partial charge in [0, 0.05) is 13.1 Å². The van der Waals surface area contributed by atoms with Crippen LogP contribution in [0.15, 0.2) is 24.3 Å². The molecule has 2 rings (SSSR count). The van der Waals surface area contributed by atoms with Crippen molar-refractivity contribution in [1.82, 2.24) is 4.90 Å². The molecule has 1 saturated heterocycles. The predicted octanol–water partition coefficient (Wildman–Crippen LogP) is 1.40. The molecule has 1 aromatic carbocycles. The molecule has 0 spiro atoms. The first kappa shape index (κ1) is 11.9. The molecule has 0 bridgehead atoms. The van der Waals surface area contributed by atoms with E-state index in [4.69, 9.17) is 0 Å². The van der Waals surface area contributed by atoms with Gasteiger partial charge in [0.2, 0.25) is 0 Å². The molecule has 0 saturated carbocycles. The number of halogens is 1. The molecule has 92 valence electrons. The number of carboxylic acids is 1. The molecule has 17 heavy (non-hydrogen) atoms. The summed E-state index contributed by atoms with van der Waals surface area (Å²) in [5.74, 6) is -1.37. The fourth-order valence-corrected chi connectivity index (χ4v) is 2.15. The molecule has 1 heterocycles. The number of carboxylic acid groups (broad SMARTS) is 1. The van der Waals surface area contributed by atoms with Gasteiger partial charge in [0.05, 0.1) is 5.69 Å². The predicted molar refractivity (Wildman–Crippen MR) is 62.5 cm³/mol. The van der Waals surface area contributed by atoms with Crippen LogP contribution in [0.5, 0.6) is 0 Å². The van der Waals surface area contributed by atoms with Crippen molar-refractivity contribution in [3.63, 3.8) is 0 Å². The third-order valence-electron chi connectivity index (χ3n) is 3.12. The van der Waals surface area contributed by atoms with Gasteiger partial charge in [-0.1, -0.05) is 12.1 Å². The number of carbonyl (C=O) groups is 1. The van der Waals surface area contributed by atoms with Gasteiger partial charge in [0.25, 0.3) is 0 Å². The van der Waals surface area contributed by atoms with E-state index in [1.54, 1.807) is 18.2 Å². The molecular formula is C12H15FN2O2. The van der Waals surface area contributed by atoms with Crippen molar-refractivity contribution in [1.29, 1.82) is 0 Å². The van der Waals surface area contributed by atoms with Crippen molar-refractivity contribution in [3.05, 3.63) is 30.1 Å². The molecule has 1 aromatic rings. The maximum atomic E-state index is 13.5. The van der Waals surface area contributed by atoms with Crippen LogP contribution in [0, 0.1) is 5.82 Å². The monoisotopic (exact) mass is 238 g/mol. The van der Waals surface area contributed by atoms with Crippen molar-refractivity contribution >= 4 is 11.7 Å². The van der Waals surface area contributed by atoms with Crippen LogP contribution >= 0.6 is 0 Å². The second kappa shape index (κ2) is 4.33. The minimum Gasteiger partial charge on any atom is -0.479 e. The van der Waals surface area contributed by atoms with Gasteiger partial charge in [-0.25, -0.2) is 9.18 Å². The molecule has 1 aliphatic rings. The molecule has 1 atom stereocenters. The summed E-state index contributed by atoms with van der Waals surface area (Å²) >= 11 is 0. The van der Waals surface area contributed by atoms with E-state index in [0.717, 1.165) is 0 Å². The zero-order valence-corrected chi connectivity index (χ0v) is 9.61. The molecule has 0 radical (unpaired) electrons. The lowest BCUT2D eigenvalue weighted by Crippen LogP contribution is -2.48. The molecule has 0 aliphatic carbocycles. The van der Waals surface area contributed by atoms with Gasteiger partial charge in [0.15, 0.2) is 0 Å². The maximum Gasteiger partial charge on any atom is 0.330 e. The zero-order valence-electron chi connectivity index (χ0n) is 9.61. The van der Waals surface area contributed by atoms with Crippen LogP contribution in [-0.4, -0.2) is 41.7 Å². The van der Waals surface area contributed by atoms with Crippen molar-refractivity contribution in [2.45, 2.75) is 12.0 Å². The average Bonchev–Trinajstić information content (AvgIpc) is 2.65. The molecule has 1 fully saturated rings. The van der Waals surface area contributed by atoms with Crippen molar-refractivity contribution < 1.29 is 14.3 Å². The molecule has 2 N–H and O–H groups in total. The highest BCUT2D eigenvalue weighted by Gasteiger charge is 2.44. The fourth-order valence-electron chi connectivity index (χ4n) is 2.15. The van der Waals surface area contributed by atoms with E-state index in [2.05, 4.69) is 5.32 Å². The number of para-hydroxylation sites is 1. The smallest absolute Gasteiger partial charge is 0.330 e. The summed E-state index contributed by atoms with van der Waals surface area (Å²) in [4.78, 5) is 13.3. The molecule has 1 aliphatic heterocycles. The fraction of sp³-hybridized carbons (Fsp3) is 0.417. The Bertz CT molecular complexity index is 438. The SMILES string of the molecule is CN1CCC(Nc2ccccc2F)(C(=O)O)C1. The van der Waals surface area contributed by atoms with Gasteiger partial charge in [0.1, 0.15) is 11.4 Å². The molecule has 0 amide bonds. The largest absolute Gasteiger partial charge is 0.479 e. The Hall–Kier alpha value is -1.62. The molecule has 0 aromatic heterocycles. The lowest BCUT2D eigenvalue weighted by molar-refractivity contribution is -0.141. The van der Waals surface area contributed by atoms with Gasteiger partial charge >= 0.3 is 5.97 Å². The molecular weight excluding hydrogens is 223 g/mol. The number of nitrogens with zero attached hydrogens (tertiary/aromatic N) is 1. The van der Waals surface area contributed by atoms with Crippen LogP contribution < -0.4 is 5.32 Å². The van der Waals surface area contributed by atoms with E-state index in [0.29, 0.717) is 19.5 Å². The lowest BCUT2D eigenvalue weighted by Gasteiger charge is -2.26. The lowest BCUT2D eigenvalue weighted by atomic mass is 9.98. The number of hydrogen-bond donors (Lipinski definition) is 2. The number of aliphatic carboxylic acids is 1. The molecule has 4 nitrogen and oxygen atoms in total. The van der Waals surface area contributed by atoms with E-state index >= 15 is 0 Å². The quantitative estimate of drug-likeness (QED) is 0.835. The summed E-state index contributed by atoms with van der Waals surface area (Å²) in [5.41, 5.74) is -0.845. The topological polar surface area (TPSA) is 52.6 Å². The van der Waals surface area contributed by atoms with Gasteiger partial charge in [-0.2, -0.15) is 0 Å². The highest BCUT2D eigenvalue weighted by Crippen LogP contribution is 2.27. The van der Waals surface area contributed by atoms with Crippen LogP contribution in [0.1, 0.15) is 6.42 Å². The van der Waals surface area contributed by atoms with E-state index < -0.39 is 17.3 Å². The first-order chi connectivity index (χ1) is 8.03. The standard InChI is InChI=1S/C12H15FN2O2/c1-15-7-6-12(8-15,11(16)17)14-10-5-3-2-4-9(10)13/h2-5,14H,6-8H2,1H3,(H,16,17). The van der Waals surface area contributed by atoms with Crippen molar-refractivity contribution in [3.8, 4) is 0 Å². The number of anilines is 1. The third-order valence-corrected chi connectivity index (χ3v) is 3.12. The van der Waals surface area contributed by atoms with E-state index in [1.165, 1.54) is 6.07 Å². The Balaban J connectivity index is 2.26. The Morgan fingerprint density at radius 1 is 1.53 bits per heavy atom. The molecule has 5 heteroatoms. The summed E-state index contributed by atoms with van der Waals surface area (Å²) in [6.07, 6.45) is 0.465. The molecule has 1 unspecified atom stereocenters. The normalized spacial score (nSPS) is 24.8. The van der Waals surface area contributed by atoms with E-state index in [-0.39, 0.29) is 5.69 Å². The van der Waals surface area contributed by atoms with Crippen molar-refractivity contribution in [2.24, 2.45) is 0 Å². The van der Waals surface area contributed by atoms with E-state index in [1.807, 2.05) is 11.9 Å². The summed E-state index contributed by atoms with van der Waals surface area (Å²) < 4.78 is 13.5. The maximum absolute atomic E-state index is 13.5. The van der Waals surface area contributed by atoms with E-state index in [9.17, 15) is 14.3 Å². The van der Waals surface area contributed by atoms with Gasteiger partial charge < -0.3 is 15.3 Å². The van der Waals surface area contributed by atoms with Crippen LogP contribution in [-0.2, 0) is 4.79 Å². The minimum atomic E-state index is -1.09. The van der Waals surface area contributed by atoms with Crippen molar-refractivity contribution in [2.75, 3.05) is 25.5 Å². The first-order valence-corrected chi connectivity index (χ1v) is 5.48. The van der Waals surface area contributed by atoms with Crippen LogP contribution in [0.4, 0.5) is 10.1 Å². The second-order valence-electron chi connectivity index (χ2n) is 4.48. The number of likely N-dealkylation sites (N-methyl/N-ethyl adjacent to an activating group) is 1. The van der Waals surface area contributed by atoms with Gasteiger partial charge in [-0.05, 0) is 25.6 Å². The minimum absolute atomic E-state index is 0.241. The third kappa shape index (κ3) is 2.24. The number of likely N-dealkylation sites (tertiary alicyclic amines) is 1. The average molecular weight is 238 g/mol.